The highest BCUT2D eigenvalue weighted by Gasteiger charge is 2.21. The zero-order valence-corrected chi connectivity index (χ0v) is 10.5. The van der Waals surface area contributed by atoms with Gasteiger partial charge in [0.2, 0.25) is 11.5 Å². The van der Waals surface area contributed by atoms with Crippen molar-refractivity contribution < 1.29 is 23.1 Å². The van der Waals surface area contributed by atoms with Gasteiger partial charge in [0.25, 0.3) is 0 Å². The van der Waals surface area contributed by atoms with Crippen molar-refractivity contribution in [2.24, 2.45) is 0 Å². The molecule has 2 rings (SSSR count). The summed E-state index contributed by atoms with van der Waals surface area (Å²) < 4.78 is 23.1. The molecule has 0 saturated heterocycles. The van der Waals surface area contributed by atoms with Crippen LogP contribution in [-0.4, -0.2) is 18.9 Å². The molecular weight excluding hydrogens is 275 g/mol. The normalized spacial score (nSPS) is 10.3. The largest absolute Gasteiger partial charge is 0.463 e. The Hall–Kier alpha value is -2.14. The number of ether oxygens (including phenoxy) is 1. The van der Waals surface area contributed by atoms with Gasteiger partial charge in [-0.05, 0) is 24.3 Å². The van der Waals surface area contributed by atoms with Crippen molar-refractivity contribution in [2.45, 2.75) is 0 Å². The van der Waals surface area contributed by atoms with E-state index in [4.69, 9.17) is 16.0 Å². The number of ketones is 1. The van der Waals surface area contributed by atoms with Gasteiger partial charge in [0.1, 0.15) is 0 Å². The minimum atomic E-state index is -0.829. The molecule has 0 fully saturated rings. The molecule has 0 amide bonds. The molecule has 1 heterocycles. The second-order valence-corrected chi connectivity index (χ2v) is 3.99. The van der Waals surface area contributed by atoms with Gasteiger partial charge in [0, 0.05) is 0 Å². The van der Waals surface area contributed by atoms with E-state index in [-0.39, 0.29) is 22.1 Å². The first-order chi connectivity index (χ1) is 9.04. The number of carbonyl (C=O) groups excluding carboxylic acids is 2. The summed E-state index contributed by atoms with van der Waals surface area (Å²) in [4.78, 5) is 23.2. The van der Waals surface area contributed by atoms with Gasteiger partial charge >= 0.3 is 5.97 Å². The Balaban J connectivity index is 2.37. The maximum Gasteiger partial charge on any atom is 0.373 e. The van der Waals surface area contributed by atoms with E-state index in [9.17, 15) is 14.0 Å². The zero-order valence-electron chi connectivity index (χ0n) is 9.78. The molecule has 0 atom stereocenters. The van der Waals surface area contributed by atoms with E-state index in [1.807, 2.05) is 0 Å². The number of furan rings is 1. The molecule has 0 N–H and O–H groups in total. The van der Waals surface area contributed by atoms with E-state index in [0.29, 0.717) is 0 Å². The molecule has 0 aliphatic heterocycles. The first-order valence-corrected chi connectivity index (χ1v) is 5.59. The van der Waals surface area contributed by atoms with Crippen molar-refractivity contribution in [1.29, 1.82) is 0 Å². The number of carbonyl (C=O) groups is 2. The molecular formula is C13H8ClFO4. The van der Waals surface area contributed by atoms with Crippen LogP contribution in [0.2, 0.25) is 5.02 Å². The van der Waals surface area contributed by atoms with E-state index in [0.717, 1.165) is 0 Å². The summed E-state index contributed by atoms with van der Waals surface area (Å²) >= 11 is 5.59. The maximum absolute atomic E-state index is 13.7. The monoisotopic (exact) mass is 282 g/mol. The number of halogens is 2. The Kier molecular flexibility index (Phi) is 3.66. The van der Waals surface area contributed by atoms with Gasteiger partial charge in [-0.2, -0.15) is 0 Å². The van der Waals surface area contributed by atoms with Crippen molar-refractivity contribution in [3.05, 3.63) is 58.3 Å². The average molecular weight is 283 g/mol. The van der Waals surface area contributed by atoms with Crippen LogP contribution in [0.1, 0.15) is 26.7 Å². The van der Waals surface area contributed by atoms with E-state index in [2.05, 4.69) is 4.74 Å². The smallest absolute Gasteiger partial charge is 0.373 e. The van der Waals surface area contributed by atoms with Gasteiger partial charge in [0.15, 0.2) is 11.6 Å². The van der Waals surface area contributed by atoms with Gasteiger partial charge in [-0.15, -0.1) is 0 Å². The summed E-state index contributed by atoms with van der Waals surface area (Å²) in [6.45, 7) is 0. The fourth-order valence-electron chi connectivity index (χ4n) is 1.48. The van der Waals surface area contributed by atoms with Crippen LogP contribution in [0.4, 0.5) is 4.39 Å². The van der Waals surface area contributed by atoms with Crippen molar-refractivity contribution in [2.75, 3.05) is 7.11 Å². The molecule has 0 bridgehead atoms. The van der Waals surface area contributed by atoms with Crippen LogP contribution in [0.15, 0.2) is 34.7 Å². The Morgan fingerprint density at radius 3 is 2.58 bits per heavy atom. The minimum Gasteiger partial charge on any atom is -0.463 e. The number of rotatable bonds is 3. The van der Waals surface area contributed by atoms with Crippen molar-refractivity contribution in [3.63, 3.8) is 0 Å². The first-order valence-electron chi connectivity index (χ1n) is 5.21. The lowest BCUT2D eigenvalue weighted by molar-refractivity contribution is 0.0563. The van der Waals surface area contributed by atoms with Gasteiger partial charge < -0.3 is 9.15 Å². The van der Waals surface area contributed by atoms with E-state index in [1.54, 1.807) is 0 Å². The number of hydrogen-bond donors (Lipinski definition) is 0. The summed E-state index contributed by atoms with van der Waals surface area (Å²) in [7, 11) is 1.18. The van der Waals surface area contributed by atoms with Gasteiger partial charge in [0.05, 0.1) is 17.7 Å². The van der Waals surface area contributed by atoms with Gasteiger partial charge in [-0.1, -0.05) is 17.7 Å². The third kappa shape index (κ3) is 2.51. The fraction of sp³-hybridized carbons (Fsp3) is 0.0769. The van der Waals surface area contributed by atoms with Crippen molar-refractivity contribution >= 4 is 23.4 Å². The number of methoxy groups -OCH3 is 1. The Bertz CT molecular complexity index is 648. The molecule has 6 heteroatoms. The van der Waals surface area contributed by atoms with E-state index >= 15 is 0 Å². The highest BCUT2D eigenvalue weighted by Crippen LogP contribution is 2.21. The summed E-state index contributed by atoms with van der Waals surface area (Å²) in [6.07, 6.45) is 0. The summed E-state index contributed by atoms with van der Waals surface area (Å²) in [5, 5.41) is -0.161. The zero-order chi connectivity index (χ0) is 14.0. The van der Waals surface area contributed by atoms with Crippen LogP contribution in [0, 0.1) is 5.82 Å². The van der Waals surface area contributed by atoms with E-state index in [1.165, 1.54) is 37.4 Å². The third-order valence-electron chi connectivity index (χ3n) is 2.41. The average Bonchev–Trinajstić information content (AvgIpc) is 2.90. The molecule has 1 aromatic carbocycles. The third-order valence-corrected chi connectivity index (χ3v) is 2.70. The van der Waals surface area contributed by atoms with Crippen LogP contribution < -0.4 is 0 Å². The number of benzene rings is 1. The predicted octanol–water partition coefficient (Wildman–Crippen LogP) is 3.09. The first kappa shape index (κ1) is 13.3. The molecule has 0 spiro atoms. The number of hydrogen-bond acceptors (Lipinski definition) is 4. The quantitative estimate of drug-likeness (QED) is 0.641. The lowest BCUT2D eigenvalue weighted by Gasteiger charge is -2.01. The molecule has 0 aliphatic rings. The van der Waals surface area contributed by atoms with Crippen molar-refractivity contribution in [1.82, 2.24) is 0 Å². The van der Waals surface area contributed by atoms with Crippen LogP contribution >= 0.6 is 11.6 Å². The lowest BCUT2D eigenvalue weighted by atomic mass is 10.1. The number of esters is 1. The van der Waals surface area contributed by atoms with Gasteiger partial charge in [-0.25, -0.2) is 9.18 Å². The summed E-state index contributed by atoms with van der Waals surface area (Å²) in [5.41, 5.74) is -0.224. The predicted molar refractivity (Wildman–Crippen MR) is 64.9 cm³/mol. The molecule has 0 radical (unpaired) electrons. The topological polar surface area (TPSA) is 56.5 Å². The molecule has 1 aromatic heterocycles. The van der Waals surface area contributed by atoms with Crippen LogP contribution in [0.25, 0.3) is 0 Å². The fourth-order valence-corrected chi connectivity index (χ4v) is 1.66. The molecule has 2 aromatic rings. The molecule has 0 aliphatic carbocycles. The Morgan fingerprint density at radius 1 is 1.21 bits per heavy atom. The van der Waals surface area contributed by atoms with Crippen molar-refractivity contribution in [3.8, 4) is 0 Å². The van der Waals surface area contributed by atoms with Gasteiger partial charge in [-0.3, -0.25) is 4.79 Å². The SMILES string of the molecule is COC(=O)c1ccc(C(=O)c2cccc(Cl)c2F)o1. The molecule has 19 heavy (non-hydrogen) atoms. The van der Waals surface area contributed by atoms with Crippen LogP contribution in [-0.2, 0) is 4.74 Å². The highest BCUT2D eigenvalue weighted by atomic mass is 35.5. The lowest BCUT2D eigenvalue weighted by Crippen LogP contribution is -2.04. The summed E-state index contributed by atoms with van der Waals surface area (Å²) in [5.74, 6) is -2.54. The molecule has 0 unspecified atom stereocenters. The second kappa shape index (κ2) is 5.24. The molecule has 0 saturated carbocycles. The van der Waals surface area contributed by atoms with Crippen LogP contribution in [0.5, 0.6) is 0 Å². The van der Waals surface area contributed by atoms with E-state index < -0.39 is 17.6 Å². The van der Waals surface area contributed by atoms with Crippen LogP contribution in [0.3, 0.4) is 0 Å². The Labute approximate surface area is 112 Å². The minimum absolute atomic E-state index is 0.131. The maximum atomic E-state index is 13.7. The summed E-state index contributed by atoms with van der Waals surface area (Å²) in [6, 6.07) is 6.61. The highest BCUT2D eigenvalue weighted by molar-refractivity contribution is 6.31. The standard InChI is InChI=1S/C13H8ClFO4/c1-18-13(17)10-6-5-9(19-10)12(16)7-3-2-4-8(14)11(7)15/h2-6H,1H3. The molecule has 98 valence electrons. The Morgan fingerprint density at radius 2 is 1.89 bits per heavy atom. The second-order valence-electron chi connectivity index (χ2n) is 3.59. The molecule has 4 nitrogen and oxygen atoms in total.